The first kappa shape index (κ1) is 13.9. The predicted molar refractivity (Wildman–Crippen MR) is 75.1 cm³/mol. The molecular weight excluding hydrogens is 258 g/mol. The molecule has 4 N–H and O–H groups in total. The van der Waals surface area contributed by atoms with Gasteiger partial charge in [0.25, 0.3) is 0 Å². The Morgan fingerprint density at radius 2 is 2.25 bits per heavy atom. The number of nitrogens with one attached hydrogen (secondary N) is 1. The number of carbonyl (C=O) groups is 1. The fourth-order valence-electron chi connectivity index (χ4n) is 1.83. The first-order chi connectivity index (χ1) is 9.65. The molecule has 0 bridgehead atoms. The fraction of sp³-hybridized carbons (Fsp3) is 0.308. The molecule has 2 rings (SSSR count). The summed E-state index contributed by atoms with van der Waals surface area (Å²) in [5.41, 5.74) is 8.14. The monoisotopic (exact) mass is 275 g/mol. The second-order valence-corrected chi connectivity index (χ2v) is 4.43. The molecule has 0 aliphatic rings. The third kappa shape index (κ3) is 3.98. The normalized spacial score (nSPS) is 10.4. The Balaban J connectivity index is 1.85. The van der Waals surface area contributed by atoms with Gasteiger partial charge in [-0.15, -0.1) is 5.10 Å². The number of aromatic nitrogens is 3. The number of nitrogens with two attached hydrogens (primary N) is 1. The van der Waals surface area contributed by atoms with Crippen molar-refractivity contribution < 1.29 is 9.90 Å². The SMILES string of the molecule is Nc1cccc(-c2cn(CCCCNC(=O)O)nn2)c1. The number of unbranched alkanes of at least 4 members (excludes halogenated alkanes) is 1. The van der Waals surface area contributed by atoms with Gasteiger partial charge in [-0.3, -0.25) is 4.68 Å². The second kappa shape index (κ2) is 6.55. The number of nitrogen functional groups attached to an aromatic ring is 1. The van der Waals surface area contributed by atoms with E-state index in [1.165, 1.54) is 0 Å². The summed E-state index contributed by atoms with van der Waals surface area (Å²) in [5, 5.41) is 18.9. The number of hydrogen-bond acceptors (Lipinski definition) is 4. The van der Waals surface area contributed by atoms with Crippen LogP contribution >= 0.6 is 0 Å². The van der Waals surface area contributed by atoms with Gasteiger partial charge in [-0.2, -0.15) is 0 Å². The summed E-state index contributed by atoms with van der Waals surface area (Å²) in [5.74, 6) is 0. The Hall–Kier alpha value is -2.57. The number of carboxylic acid groups (broad SMARTS) is 1. The van der Waals surface area contributed by atoms with Crippen LogP contribution in [0.3, 0.4) is 0 Å². The lowest BCUT2D eigenvalue weighted by molar-refractivity contribution is 0.194. The van der Waals surface area contributed by atoms with Crippen molar-refractivity contribution in [3.8, 4) is 11.3 Å². The molecule has 1 aromatic carbocycles. The van der Waals surface area contributed by atoms with E-state index in [4.69, 9.17) is 10.8 Å². The van der Waals surface area contributed by atoms with E-state index >= 15 is 0 Å². The summed E-state index contributed by atoms with van der Waals surface area (Å²) in [6.07, 6.45) is 2.47. The Morgan fingerprint density at radius 3 is 3.00 bits per heavy atom. The Morgan fingerprint density at radius 1 is 1.40 bits per heavy atom. The van der Waals surface area contributed by atoms with Crippen LogP contribution in [-0.4, -0.2) is 32.7 Å². The maximum absolute atomic E-state index is 10.3. The molecule has 7 nitrogen and oxygen atoms in total. The van der Waals surface area contributed by atoms with Gasteiger partial charge < -0.3 is 16.2 Å². The molecule has 0 saturated carbocycles. The van der Waals surface area contributed by atoms with Gasteiger partial charge in [0, 0.05) is 24.3 Å². The van der Waals surface area contributed by atoms with Crippen molar-refractivity contribution >= 4 is 11.8 Å². The Kier molecular flexibility index (Phi) is 4.54. The molecule has 1 aromatic heterocycles. The smallest absolute Gasteiger partial charge is 0.404 e. The highest BCUT2D eigenvalue weighted by Gasteiger charge is 2.04. The highest BCUT2D eigenvalue weighted by atomic mass is 16.4. The molecule has 0 atom stereocenters. The molecule has 0 spiro atoms. The number of rotatable bonds is 6. The minimum absolute atomic E-state index is 0.451. The van der Waals surface area contributed by atoms with E-state index in [2.05, 4.69) is 15.6 Å². The van der Waals surface area contributed by atoms with Crippen molar-refractivity contribution in [2.24, 2.45) is 0 Å². The van der Waals surface area contributed by atoms with E-state index < -0.39 is 6.09 Å². The lowest BCUT2D eigenvalue weighted by Crippen LogP contribution is -2.22. The van der Waals surface area contributed by atoms with Gasteiger partial charge in [-0.05, 0) is 25.0 Å². The summed E-state index contributed by atoms with van der Waals surface area (Å²) in [7, 11) is 0. The molecule has 0 unspecified atom stereocenters. The summed E-state index contributed by atoms with van der Waals surface area (Å²) < 4.78 is 1.75. The zero-order valence-electron chi connectivity index (χ0n) is 11.0. The zero-order chi connectivity index (χ0) is 14.4. The predicted octanol–water partition coefficient (Wildman–Crippen LogP) is 1.58. The molecule has 20 heavy (non-hydrogen) atoms. The maximum atomic E-state index is 10.3. The van der Waals surface area contributed by atoms with Crippen molar-refractivity contribution in [3.05, 3.63) is 30.5 Å². The summed E-state index contributed by atoms with van der Waals surface area (Å²) >= 11 is 0. The third-order valence-electron chi connectivity index (χ3n) is 2.81. The number of nitrogens with zero attached hydrogens (tertiary/aromatic N) is 3. The van der Waals surface area contributed by atoms with E-state index in [0.29, 0.717) is 18.8 Å². The molecule has 106 valence electrons. The highest BCUT2D eigenvalue weighted by Crippen LogP contribution is 2.18. The fourth-order valence-corrected chi connectivity index (χ4v) is 1.83. The molecule has 0 aliphatic carbocycles. The molecule has 0 fully saturated rings. The van der Waals surface area contributed by atoms with Gasteiger partial charge in [0.1, 0.15) is 5.69 Å². The van der Waals surface area contributed by atoms with Crippen LogP contribution in [0.15, 0.2) is 30.5 Å². The van der Waals surface area contributed by atoms with Crippen molar-refractivity contribution in [2.75, 3.05) is 12.3 Å². The van der Waals surface area contributed by atoms with E-state index in [-0.39, 0.29) is 0 Å². The maximum Gasteiger partial charge on any atom is 0.404 e. The Labute approximate surface area is 116 Å². The largest absolute Gasteiger partial charge is 0.465 e. The zero-order valence-corrected chi connectivity index (χ0v) is 11.0. The number of hydrogen-bond donors (Lipinski definition) is 3. The Bertz CT molecular complexity index is 582. The van der Waals surface area contributed by atoms with Crippen LogP contribution in [0.4, 0.5) is 10.5 Å². The summed E-state index contributed by atoms with van der Waals surface area (Å²) in [4.78, 5) is 10.3. The van der Waals surface area contributed by atoms with Gasteiger partial charge in [-0.1, -0.05) is 17.3 Å². The van der Waals surface area contributed by atoms with Gasteiger partial charge in [0.2, 0.25) is 0 Å². The van der Waals surface area contributed by atoms with Crippen LogP contribution in [0.1, 0.15) is 12.8 Å². The molecule has 7 heteroatoms. The van der Waals surface area contributed by atoms with Crippen LogP contribution in [0.25, 0.3) is 11.3 Å². The minimum atomic E-state index is -0.991. The number of aryl methyl sites for hydroxylation is 1. The summed E-state index contributed by atoms with van der Waals surface area (Å²) in [6, 6.07) is 7.48. The number of amides is 1. The van der Waals surface area contributed by atoms with Crippen molar-refractivity contribution in [2.45, 2.75) is 19.4 Å². The quantitative estimate of drug-likeness (QED) is 0.548. The molecule has 0 radical (unpaired) electrons. The van der Waals surface area contributed by atoms with Crippen molar-refractivity contribution in [1.82, 2.24) is 20.3 Å². The molecule has 1 amide bonds. The van der Waals surface area contributed by atoms with Crippen LogP contribution in [0.2, 0.25) is 0 Å². The lowest BCUT2D eigenvalue weighted by Gasteiger charge is -2.01. The average molecular weight is 275 g/mol. The number of anilines is 1. The molecule has 0 aliphatic heterocycles. The van der Waals surface area contributed by atoms with Crippen LogP contribution in [-0.2, 0) is 6.54 Å². The van der Waals surface area contributed by atoms with E-state index in [1.54, 1.807) is 4.68 Å². The third-order valence-corrected chi connectivity index (χ3v) is 2.81. The van der Waals surface area contributed by atoms with Gasteiger partial charge in [-0.25, -0.2) is 4.79 Å². The van der Waals surface area contributed by atoms with Gasteiger partial charge in [0.15, 0.2) is 0 Å². The summed E-state index contributed by atoms with van der Waals surface area (Å²) in [6.45, 7) is 1.16. The highest BCUT2D eigenvalue weighted by molar-refractivity contribution is 5.64. The van der Waals surface area contributed by atoms with Crippen molar-refractivity contribution in [1.29, 1.82) is 0 Å². The van der Waals surface area contributed by atoms with E-state index in [0.717, 1.165) is 24.1 Å². The first-order valence-corrected chi connectivity index (χ1v) is 6.38. The second-order valence-electron chi connectivity index (χ2n) is 4.43. The van der Waals surface area contributed by atoms with E-state index in [1.807, 2.05) is 30.5 Å². The molecular formula is C13H17N5O2. The molecule has 1 heterocycles. The number of benzene rings is 1. The van der Waals surface area contributed by atoms with E-state index in [9.17, 15) is 4.79 Å². The lowest BCUT2D eigenvalue weighted by atomic mass is 10.1. The average Bonchev–Trinajstić information content (AvgIpc) is 2.87. The van der Waals surface area contributed by atoms with Crippen LogP contribution in [0.5, 0.6) is 0 Å². The topological polar surface area (TPSA) is 106 Å². The van der Waals surface area contributed by atoms with Crippen molar-refractivity contribution in [3.63, 3.8) is 0 Å². The standard InChI is InChI=1S/C13H17N5O2/c14-11-5-3-4-10(8-11)12-9-18(17-16-12)7-2-1-6-15-13(19)20/h3-5,8-9,15H,1-2,6-7,14H2,(H,19,20). The molecule has 0 saturated heterocycles. The van der Waals surface area contributed by atoms with Crippen LogP contribution < -0.4 is 11.1 Å². The van der Waals surface area contributed by atoms with Crippen LogP contribution in [0, 0.1) is 0 Å². The minimum Gasteiger partial charge on any atom is -0.465 e. The van der Waals surface area contributed by atoms with Gasteiger partial charge >= 0.3 is 6.09 Å². The van der Waals surface area contributed by atoms with Gasteiger partial charge in [0.05, 0.1) is 6.20 Å². The molecule has 2 aromatic rings. The first-order valence-electron chi connectivity index (χ1n) is 6.38.